The second-order valence-corrected chi connectivity index (χ2v) is 4.33. The van der Waals surface area contributed by atoms with E-state index in [2.05, 4.69) is 9.97 Å². The number of carbonyl (C=O) groups is 2. The summed E-state index contributed by atoms with van der Waals surface area (Å²) in [6.07, 6.45) is 3.11. The highest BCUT2D eigenvalue weighted by atomic mass is 16.4. The fraction of sp³-hybridized carbons (Fsp3) is 0.154. The third kappa shape index (κ3) is 1.77. The van der Waals surface area contributed by atoms with Crippen LogP contribution in [0.1, 0.15) is 16.1 Å². The molecule has 0 fully saturated rings. The summed E-state index contributed by atoms with van der Waals surface area (Å²) < 4.78 is 0. The molecule has 0 saturated carbocycles. The molecule has 0 bridgehead atoms. The van der Waals surface area contributed by atoms with Crippen LogP contribution in [0.25, 0.3) is 0 Å². The zero-order chi connectivity index (χ0) is 13.4. The van der Waals surface area contributed by atoms with Gasteiger partial charge in [0, 0.05) is 12.1 Å². The van der Waals surface area contributed by atoms with E-state index in [1.54, 1.807) is 12.1 Å². The van der Waals surface area contributed by atoms with Crippen LogP contribution in [0.4, 0.5) is 5.69 Å². The quantitative estimate of drug-likeness (QED) is 0.842. The number of carbonyl (C=O) groups excluding carboxylic acids is 1. The molecule has 0 unspecified atom stereocenters. The number of aliphatic carboxylic acids is 1. The maximum absolute atomic E-state index is 12.4. The van der Waals surface area contributed by atoms with Crippen molar-refractivity contribution in [3.63, 3.8) is 0 Å². The van der Waals surface area contributed by atoms with Crippen LogP contribution >= 0.6 is 0 Å². The van der Waals surface area contributed by atoms with Gasteiger partial charge in [0.15, 0.2) is 0 Å². The Kier molecular flexibility index (Phi) is 2.56. The molecule has 1 atom stereocenters. The van der Waals surface area contributed by atoms with E-state index >= 15 is 0 Å². The summed E-state index contributed by atoms with van der Waals surface area (Å²) >= 11 is 0. The number of amides is 1. The average molecular weight is 257 g/mol. The minimum atomic E-state index is -1.01. The molecule has 1 aliphatic heterocycles. The van der Waals surface area contributed by atoms with Gasteiger partial charge in [-0.1, -0.05) is 18.2 Å². The Morgan fingerprint density at radius 2 is 2.16 bits per heavy atom. The highest BCUT2D eigenvalue weighted by Gasteiger charge is 2.38. The first-order chi connectivity index (χ1) is 9.18. The Morgan fingerprint density at radius 3 is 2.84 bits per heavy atom. The van der Waals surface area contributed by atoms with E-state index in [4.69, 9.17) is 0 Å². The van der Waals surface area contributed by atoms with Crippen molar-refractivity contribution in [2.45, 2.75) is 12.5 Å². The van der Waals surface area contributed by atoms with E-state index in [1.165, 1.54) is 17.4 Å². The highest BCUT2D eigenvalue weighted by molar-refractivity contribution is 6.09. The predicted octanol–water partition coefficient (Wildman–Crippen LogP) is 1.07. The lowest BCUT2D eigenvalue weighted by Gasteiger charge is -2.21. The van der Waals surface area contributed by atoms with Crippen LogP contribution in [-0.4, -0.2) is 33.0 Å². The lowest BCUT2D eigenvalue weighted by Crippen LogP contribution is -2.43. The monoisotopic (exact) mass is 257 g/mol. The third-order valence-electron chi connectivity index (χ3n) is 3.21. The summed E-state index contributed by atoms with van der Waals surface area (Å²) in [5.41, 5.74) is 1.79. The summed E-state index contributed by atoms with van der Waals surface area (Å²) in [5.74, 6) is -1.39. The van der Waals surface area contributed by atoms with E-state index in [-0.39, 0.29) is 11.6 Å². The fourth-order valence-electron chi connectivity index (χ4n) is 2.34. The minimum Gasteiger partial charge on any atom is -0.480 e. The number of fused-ring (bicyclic) bond motifs is 1. The summed E-state index contributed by atoms with van der Waals surface area (Å²) in [6, 6.07) is 6.35. The zero-order valence-corrected chi connectivity index (χ0v) is 9.91. The zero-order valence-electron chi connectivity index (χ0n) is 9.91. The molecule has 6 heteroatoms. The molecule has 0 aliphatic carbocycles. The number of aromatic amines is 1. The van der Waals surface area contributed by atoms with Gasteiger partial charge >= 0.3 is 5.97 Å². The summed E-state index contributed by atoms with van der Waals surface area (Å²) in [6.45, 7) is 0. The predicted molar refractivity (Wildman–Crippen MR) is 67.0 cm³/mol. The van der Waals surface area contributed by atoms with Crippen molar-refractivity contribution in [1.82, 2.24) is 9.97 Å². The normalized spacial score (nSPS) is 17.3. The number of benzene rings is 1. The van der Waals surface area contributed by atoms with Gasteiger partial charge in [-0.25, -0.2) is 9.78 Å². The number of aromatic nitrogens is 2. The second-order valence-electron chi connectivity index (χ2n) is 4.33. The first-order valence-electron chi connectivity index (χ1n) is 5.81. The largest absolute Gasteiger partial charge is 0.480 e. The lowest BCUT2D eigenvalue weighted by molar-refractivity contribution is -0.138. The molecule has 0 saturated heterocycles. The second kappa shape index (κ2) is 4.24. The first-order valence-corrected chi connectivity index (χ1v) is 5.81. The molecule has 96 valence electrons. The van der Waals surface area contributed by atoms with Gasteiger partial charge in [-0.15, -0.1) is 0 Å². The van der Waals surface area contributed by atoms with Gasteiger partial charge in [0.25, 0.3) is 5.91 Å². The average Bonchev–Trinajstić information content (AvgIpc) is 3.05. The summed E-state index contributed by atoms with van der Waals surface area (Å²) in [4.78, 5) is 31.5. The van der Waals surface area contributed by atoms with Crippen LogP contribution in [0, 0.1) is 0 Å². The third-order valence-corrected chi connectivity index (χ3v) is 3.21. The summed E-state index contributed by atoms with van der Waals surface area (Å²) in [5, 5.41) is 9.28. The van der Waals surface area contributed by atoms with Gasteiger partial charge in [-0.05, 0) is 11.6 Å². The van der Waals surface area contributed by atoms with E-state index < -0.39 is 12.0 Å². The summed E-state index contributed by atoms with van der Waals surface area (Å²) in [7, 11) is 0. The smallest absolute Gasteiger partial charge is 0.327 e. The van der Waals surface area contributed by atoms with Crippen molar-refractivity contribution in [1.29, 1.82) is 0 Å². The van der Waals surface area contributed by atoms with E-state index in [0.717, 1.165) is 5.56 Å². The molecule has 2 heterocycles. The molecule has 2 N–H and O–H groups in total. The first kappa shape index (κ1) is 11.5. The highest BCUT2D eigenvalue weighted by Crippen LogP contribution is 2.33. The van der Waals surface area contributed by atoms with Gasteiger partial charge in [-0.2, -0.15) is 0 Å². The Morgan fingerprint density at radius 1 is 1.37 bits per heavy atom. The van der Waals surface area contributed by atoms with Crippen molar-refractivity contribution in [3.05, 3.63) is 48.0 Å². The number of nitrogens with one attached hydrogen (secondary N) is 1. The van der Waals surface area contributed by atoms with E-state index in [1.807, 2.05) is 12.1 Å². The number of para-hydroxylation sites is 1. The number of rotatable bonds is 2. The number of carboxylic acids is 1. The van der Waals surface area contributed by atoms with Crippen molar-refractivity contribution in [2.75, 3.05) is 4.90 Å². The molecule has 19 heavy (non-hydrogen) atoms. The van der Waals surface area contributed by atoms with Crippen LogP contribution in [0.3, 0.4) is 0 Å². The van der Waals surface area contributed by atoms with Crippen molar-refractivity contribution >= 4 is 17.6 Å². The molecule has 0 radical (unpaired) electrons. The van der Waals surface area contributed by atoms with Gasteiger partial charge < -0.3 is 10.1 Å². The van der Waals surface area contributed by atoms with Crippen molar-refractivity contribution in [3.8, 4) is 0 Å². The minimum absolute atomic E-state index is 0.281. The molecule has 0 spiro atoms. The fourth-order valence-corrected chi connectivity index (χ4v) is 2.34. The van der Waals surface area contributed by atoms with E-state index in [9.17, 15) is 14.7 Å². The van der Waals surface area contributed by atoms with Crippen LogP contribution in [0.15, 0.2) is 36.8 Å². The molecule has 1 amide bonds. The number of hydrogen-bond donors (Lipinski definition) is 2. The Labute approximate surface area is 108 Å². The van der Waals surface area contributed by atoms with Gasteiger partial charge in [0.05, 0.1) is 12.5 Å². The standard InChI is InChI=1S/C13H11N3O3/c17-12(9-6-14-7-15-9)16-10-4-2-1-3-8(10)5-11(16)13(18)19/h1-4,6-7,11H,5H2,(H,14,15)(H,18,19)/t11-/m0/s1. The topological polar surface area (TPSA) is 86.3 Å². The van der Waals surface area contributed by atoms with E-state index in [0.29, 0.717) is 12.1 Å². The molecule has 1 aromatic carbocycles. The molecular formula is C13H11N3O3. The number of nitrogens with zero attached hydrogens (tertiary/aromatic N) is 2. The van der Waals surface area contributed by atoms with Gasteiger partial charge in [0.1, 0.15) is 11.7 Å². The van der Waals surface area contributed by atoms with Crippen molar-refractivity contribution in [2.24, 2.45) is 0 Å². The number of anilines is 1. The van der Waals surface area contributed by atoms with Gasteiger partial charge in [0.2, 0.25) is 0 Å². The molecular weight excluding hydrogens is 246 g/mol. The Hall–Kier alpha value is -2.63. The molecule has 2 aromatic rings. The van der Waals surface area contributed by atoms with Crippen LogP contribution in [0.5, 0.6) is 0 Å². The molecule has 3 rings (SSSR count). The maximum atomic E-state index is 12.4. The van der Waals surface area contributed by atoms with Crippen LogP contribution < -0.4 is 4.90 Å². The number of carboxylic acid groups (broad SMARTS) is 1. The molecule has 1 aliphatic rings. The SMILES string of the molecule is O=C(O)[C@@H]1Cc2ccccc2N1C(=O)c1cnc[nH]1. The van der Waals surface area contributed by atoms with Crippen LogP contribution in [-0.2, 0) is 11.2 Å². The molecule has 1 aromatic heterocycles. The lowest BCUT2D eigenvalue weighted by atomic mass is 10.1. The number of hydrogen-bond acceptors (Lipinski definition) is 3. The Bertz CT molecular complexity index is 636. The van der Waals surface area contributed by atoms with Gasteiger partial charge in [-0.3, -0.25) is 9.69 Å². The Balaban J connectivity index is 2.05. The van der Waals surface area contributed by atoms with Crippen LogP contribution in [0.2, 0.25) is 0 Å². The number of imidazole rings is 1. The maximum Gasteiger partial charge on any atom is 0.327 e. The molecule has 6 nitrogen and oxygen atoms in total. The number of H-pyrrole nitrogens is 1. The van der Waals surface area contributed by atoms with Crippen molar-refractivity contribution < 1.29 is 14.7 Å².